The molecule has 0 saturated carbocycles. The topological polar surface area (TPSA) is 378 Å². The predicted molar refractivity (Wildman–Crippen MR) is 43.4 cm³/mol. The molecule has 0 atom stereocenters. The summed E-state index contributed by atoms with van der Waals surface area (Å²) >= 11 is 0. The first-order chi connectivity index (χ1) is 0. The van der Waals surface area contributed by atoms with Crippen molar-refractivity contribution in [3.8, 4) is 0 Å². The van der Waals surface area contributed by atoms with E-state index in [0.29, 0.717) is 0 Å². The Balaban J connectivity index is 0. The van der Waals surface area contributed by atoms with Gasteiger partial charge in [-0.15, -0.1) is 0 Å². The molecule has 0 amide bonds. The van der Waals surface area contributed by atoms with Gasteiger partial charge in [-0.2, -0.15) is 0 Å². The van der Waals surface area contributed by atoms with Crippen molar-refractivity contribution in [2.24, 2.45) is 0 Å². The van der Waals surface area contributed by atoms with Crippen LogP contribution < -0.4 is 34.3 Å². The molecule has 0 heterocycles. The van der Waals surface area contributed by atoms with E-state index in [9.17, 15) is 0 Å². The van der Waals surface area contributed by atoms with Crippen molar-refractivity contribution in [3.63, 3.8) is 0 Å². The first-order valence-corrected chi connectivity index (χ1v) is 0. The van der Waals surface area contributed by atoms with Gasteiger partial charge in [0.2, 0.25) is 0 Å². The maximum absolute atomic E-state index is 0. The zero-order valence-corrected chi connectivity index (χ0v) is 12.3. The summed E-state index contributed by atoms with van der Waals surface area (Å²) in [6, 6.07) is 0. The van der Waals surface area contributed by atoms with Gasteiger partial charge in [0, 0.05) is 26.2 Å². The Labute approximate surface area is 126 Å². The summed E-state index contributed by atoms with van der Waals surface area (Å²) in [7, 11) is 0. The fourth-order valence-electron chi connectivity index (χ4n) is 0. The van der Waals surface area contributed by atoms with E-state index in [1.807, 2.05) is 0 Å². The van der Waals surface area contributed by atoms with Crippen LogP contribution in [0.15, 0.2) is 0 Å². The minimum Gasteiger partial charge on any atom is -1.00 e. The smallest absolute Gasteiger partial charge is 1.00 e. The first-order valence-electron chi connectivity index (χ1n) is 0. The summed E-state index contributed by atoms with van der Waals surface area (Å²) in [4.78, 5) is 0. The third kappa shape index (κ3) is 1530. The van der Waals surface area contributed by atoms with E-state index in [2.05, 4.69) is 0 Å². The van der Waals surface area contributed by atoms with Crippen LogP contribution in [0.25, 0.3) is 0 Å². The van der Waals surface area contributed by atoms with Crippen LogP contribution in [0.4, 0.5) is 0 Å². The molecule has 0 bridgehead atoms. The average molecular weight is 349 g/mol. The average Bonchev–Trinajstić information content (AvgIpc) is 0. The molecule has 0 aromatic heterocycles. The molecule has 0 unspecified atom stereocenters. The van der Waals surface area contributed by atoms with E-state index in [1.54, 1.807) is 0 Å². The number of rotatable bonds is 0. The summed E-state index contributed by atoms with van der Waals surface area (Å²) in [5.41, 5.74) is 0. The van der Waals surface area contributed by atoms with Gasteiger partial charge in [0.15, 0.2) is 0 Å². The minimum absolute atomic E-state index is 0. The molecule has 108 valence electrons. The molecule has 0 saturated heterocycles. The van der Waals surface area contributed by atoms with Gasteiger partial charge in [0.1, 0.15) is 0 Å². The van der Waals surface area contributed by atoms with Gasteiger partial charge in [0.25, 0.3) is 0 Å². The second-order valence-corrected chi connectivity index (χ2v) is 0. The van der Waals surface area contributed by atoms with Gasteiger partial charge in [-0.05, 0) is 0 Å². The quantitative estimate of drug-likeness (QED) is 0.367. The Morgan fingerprint density at radius 1 is 0.267 bits per heavy atom. The molecule has 12 nitrogen and oxygen atoms in total. The molecule has 0 aliphatic rings. The number of halogens is 1. The summed E-state index contributed by atoms with van der Waals surface area (Å²) in [6.45, 7) is 0. The van der Waals surface area contributed by atoms with Crippen LogP contribution in [0.1, 0.15) is 0 Å². The summed E-state index contributed by atoms with van der Waals surface area (Å²) in [5, 5.41) is 0. The standard InChI is InChI=1S/FH.Na.12H2O.Zr/h1H;;12*1H2;/q;+1;;;;;;;;;;;;;/p-1. The molecule has 0 spiro atoms. The molecule has 15 heteroatoms. The monoisotopic (exact) mass is 348 g/mol. The van der Waals surface area contributed by atoms with Crippen molar-refractivity contribution in [3.05, 3.63) is 0 Å². The molecule has 0 radical (unpaired) electrons. The van der Waals surface area contributed by atoms with Gasteiger partial charge in [-0.1, -0.05) is 0 Å². The van der Waals surface area contributed by atoms with Gasteiger partial charge in [0.05, 0.1) is 0 Å². The molecule has 24 N–H and O–H groups in total. The van der Waals surface area contributed by atoms with Crippen molar-refractivity contribution < 1.29 is 126 Å². The van der Waals surface area contributed by atoms with Crippen LogP contribution in [0.5, 0.6) is 0 Å². The molecule has 0 aliphatic heterocycles. The van der Waals surface area contributed by atoms with Crippen LogP contribution in [0.3, 0.4) is 0 Å². The van der Waals surface area contributed by atoms with Crippen molar-refractivity contribution in [1.82, 2.24) is 0 Å². The molecule has 0 aromatic rings. The summed E-state index contributed by atoms with van der Waals surface area (Å²) < 4.78 is 0. The van der Waals surface area contributed by atoms with Crippen LogP contribution in [-0.4, -0.2) is 65.7 Å². The third-order valence-electron chi connectivity index (χ3n) is 0. The zero-order valence-electron chi connectivity index (χ0n) is 7.88. The first kappa shape index (κ1) is 2160. The minimum atomic E-state index is 0. The predicted octanol–water partition coefficient (Wildman–Crippen LogP) is -15.9. The van der Waals surface area contributed by atoms with Crippen molar-refractivity contribution in [2.45, 2.75) is 0 Å². The fourth-order valence-corrected chi connectivity index (χ4v) is 0. The molecular formula is H24FNaO12Zr. The summed E-state index contributed by atoms with van der Waals surface area (Å²) in [6.07, 6.45) is 0. The van der Waals surface area contributed by atoms with Crippen molar-refractivity contribution >= 4 is 0 Å². The largest absolute Gasteiger partial charge is 1.00 e. The van der Waals surface area contributed by atoms with E-state index in [0.717, 1.165) is 0 Å². The molecule has 0 aliphatic carbocycles. The number of hydrogen-bond acceptors (Lipinski definition) is 0. The maximum atomic E-state index is 0. The number of hydrogen-bond donors (Lipinski definition) is 0. The molecule has 15 heavy (non-hydrogen) atoms. The Kier molecular flexibility index (Phi) is 255000. The second kappa shape index (κ2) is 1770. The van der Waals surface area contributed by atoms with Gasteiger partial charge < -0.3 is 70.4 Å². The van der Waals surface area contributed by atoms with Crippen LogP contribution in [0.2, 0.25) is 0 Å². The van der Waals surface area contributed by atoms with Crippen LogP contribution >= 0.6 is 0 Å². The molecule has 0 rings (SSSR count). The van der Waals surface area contributed by atoms with Gasteiger partial charge >= 0.3 is 29.6 Å². The fraction of sp³-hybridized carbons (Fsp3) is 0. The molecular weight excluding hydrogens is 325 g/mol. The molecule has 0 fully saturated rings. The Morgan fingerprint density at radius 2 is 0.267 bits per heavy atom. The third-order valence-corrected chi connectivity index (χ3v) is 0. The second-order valence-electron chi connectivity index (χ2n) is 0. The van der Waals surface area contributed by atoms with E-state index < -0.39 is 0 Å². The van der Waals surface area contributed by atoms with E-state index in [4.69, 9.17) is 0 Å². The SMILES string of the molecule is O.O.O.O.O.O.O.O.O.O.O.O.[F-].[Na+].[Zr]. The van der Waals surface area contributed by atoms with E-state index in [1.165, 1.54) is 0 Å². The van der Waals surface area contributed by atoms with Crippen LogP contribution in [0, 0.1) is 0 Å². The zero-order chi connectivity index (χ0) is 0. The Morgan fingerprint density at radius 3 is 0.267 bits per heavy atom. The Hall–Kier alpha value is 1.33. The van der Waals surface area contributed by atoms with Crippen molar-refractivity contribution in [1.29, 1.82) is 0 Å². The van der Waals surface area contributed by atoms with Crippen LogP contribution in [-0.2, 0) is 26.2 Å². The van der Waals surface area contributed by atoms with Gasteiger partial charge in [-0.3, -0.25) is 0 Å². The van der Waals surface area contributed by atoms with Crippen molar-refractivity contribution in [2.75, 3.05) is 0 Å². The normalized spacial score (nSPS) is 0. The summed E-state index contributed by atoms with van der Waals surface area (Å²) in [5.74, 6) is 0. The molecule has 0 aromatic carbocycles. The Bertz CT molecular complexity index is 15.6. The van der Waals surface area contributed by atoms with E-state index >= 15 is 0 Å². The van der Waals surface area contributed by atoms with Gasteiger partial charge in [-0.25, -0.2) is 0 Å². The maximum Gasteiger partial charge on any atom is 1.00 e. The van der Waals surface area contributed by atoms with E-state index in [-0.39, 0.29) is 126 Å².